The van der Waals surface area contributed by atoms with Crippen molar-refractivity contribution in [3.63, 3.8) is 0 Å². The van der Waals surface area contributed by atoms with Crippen LogP contribution in [0, 0.1) is 17.6 Å². The van der Waals surface area contributed by atoms with Crippen molar-refractivity contribution in [2.75, 3.05) is 20.3 Å². The number of carbonyl (C=O) groups is 2. The van der Waals surface area contributed by atoms with Gasteiger partial charge in [0.2, 0.25) is 0 Å². The van der Waals surface area contributed by atoms with E-state index in [9.17, 15) is 18.4 Å². The third-order valence-electron chi connectivity index (χ3n) is 4.65. The molecule has 0 aromatic heterocycles. The van der Waals surface area contributed by atoms with Gasteiger partial charge in [-0.05, 0) is 49.6 Å². The smallest absolute Gasteiger partial charge is 0.333 e. The first-order valence-electron chi connectivity index (χ1n) is 9.90. The van der Waals surface area contributed by atoms with Gasteiger partial charge in [0.1, 0.15) is 17.4 Å². The van der Waals surface area contributed by atoms with Crippen molar-refractivity contribution in [1.29, 1.82) is 0 Å². The van der Waals surface area contributed by atoms with Crippen molar-refractivity contribution in [3.8, 4) is 16.9 Å². The molecule has 0 radical (unpaired) electrons. The van der Waals surface area contributed by atoms with E-state index in [0.29, 0.717) is 16.9 Å². The SMILES string of the molecule is C=C(C)C(=O)OCC(COC(=O)C(=C)C)Cc1ccc(-c2ccc(OC)cc2F)cc1F. The van der Waals surface area contributed by atoms with E-state index in [4.69, 9.17) is 14.2 Å². The Kier molecular flexibility index (Phi) is 8.70. The number of rotatable bonds is 10. The Balaban J connectivity index is 2.20. The van der Waals surface area contributed by atoms with Gasteiger partial charge in [-0.15, -0.1) is 0 Å². The Labute approximate surface area is 186 Å². The number of benzene rings is 2. The van der Waals surface area contributed by atoms with Crippen molar-refractivity contribution in [1.82, 2.24) is 0 Å². The molecule has 170 valence electrons. The molecule has 0 fully saturated rings. The minimum atomic E-state index is -0.591. The van der Waals surface area contributed by atoms with Crippen LogP contribution in [0.1, 0.15) is 19.4 Å². The second-order valence-electron chi connectivity index (χ2n) is 7.48. The van der Waals surface area contributed by atoms with Gasteiger partial charge in [0.05, 0.1) is 20.3 Å². The maximum atomic E-state index is 14.8. The fourth-order valence-electron chi connectivity index (χ4n) is 2.85. The number of carbonyl (C=O) groups excluding carboxylic acids is 2. The topological polar surface area (TPSA) is 61.8 Å². The van der Waals surface area contributed by atoms with E-state index >= 15 is 0 Å². The standard InChI is InChI=1S/C25H26F2O5/c1-15(2)24(28)31-13-17(14-32-25(29)16(3)4)10-19-7-6-18(11-22(19)26)21-9-8-20(30-5)12-23(21)27/h6-9,11-12,17H,1,3,10,13-14H2,2,4-5H3. The molecule has 0 unspecified atom stereocenters. The largest absolute Gasteiger partial charge is 0.497 e. The molecule has 0 spiro atoms. The lowest BCUT2D eigenvalue weighted by Crippen LogP contribution is -2.23. The van der Waals surface area contributed by atoms with Gasteiger partial charge in [0.25, 0.3) is 0 Å². The molecule has 0 bridgehead atoms. The molecular weight excluding hydrogens is 418 g/mol. The normalized spacial score (nSPS) is 10.6. The number of ether oxygens (including phenoxy) is 3. The summed E-state index contributed by atoms with van der Waals surface area (Å²) in [5.41, 5.74) is 1.36. The van der Waals surface area contributed by atoms with E-state index in [-0.39, 0.29) is 36.3 Å². The summed E-state index contributed by atoms with van der Waals surface area (Å²) in [5, 5.41) is 0. The molecule has 0 aliphatic heterocycles. The molecule has 0 aliphatic rings. The zero-order valence-electron chi connectivity index (χ0n) is 18.4. The van der Waals surface area contributed by atoms with Crippen LogP contribution in [0.15, 0.2) is 60.7 Å². The highest BCUT2D eigenvalue weighted by Gasteiger charge is 2.19. The summed E-state index contributed by atoms with van der Waals surface area (Å²) in [7, 11) is 1.43. The van der Waals surface area contributed by atoms with E-state index in [0.717, 1.165) is 0 Å². The highest BCUT2D eigenvalue weighted by atomic mass is 19.1. The summed E-state index contributed by atoms with van der Waals surface area (Å²) in [6.07, 6.45) is 0.129. The number of esters is 2. The molecule has 0 saturated carbocycles. The lowest BCUT2D eigenvalue weighted by Gasteiger charge is -2.18. The molecule has 32 heavy (non-hydrogen) atoms. The third kappa shape index (κ3) is 6.77. The van der Waals surface area contributed by atoms with Crippen LogP contribution in [-0.4, -0.2) is 32.3 Å². The van der Waals surface area contributed by atoms with Crippen molar-refractivity contribution in [2.45, 2.75) is 20.3 Å². The molecule has 2 aromatic rings. The molecule has 2 aromatic carbocycles. The Bertz CT molecular complexity index is 999. The Morgan fingerprint density at radius 3 is 1.97 bits per heavy atom. The Morgan fingerprint density at radius 1 is 0.906 bits per heavy atom. The van der Waals surface area contributed by atoms with Gasteiger partial charge in [-0.1, -0.05) is 25.3 Å². The van der Waals surface area contributed by atoms with Crippen molar-refractivity contribution in [2.24, 2.45) is 5.92 Å². The van der Waals surface area contributed by atoms with Crippen molar-refractivity contribution in [3.05, 3.63) is 77.9 Å². The van der Waals surface area contributed by atoms with E-state index in [2.05, 4.69) is 13.2 Å². The highest BCUT2D eigenvalue weighted by molar-refractivity contribution is 5.87. The van der Waals surface area contributed by atoms with Gasteiger partial charge in [0.15, 0.2) is 0 Å². The molecule has 0 N–H and O–H groups in total. The van der Waals surface area contributed by atoms with Crippen LogP contribution >= 0.6 is 0 Å². The number of methoxy groups -OCH3 is 1. The van der Waals surface area contributed by atoms with Gasteiger partial charge in [0, 0.05) is 28.7 Å². The fraction of sp³-hybridized carbons (Fsp3) is 0.280. The fourth-order valence-corrected chi connectivity index (χ4v) is 2.85. The van der Waals surface area contributed by atoms with E-state index in [1.807, 2.05) is 0 Å². The zero-order chi connectivity index (χ0) is 23.8. The quantitative estimate of drug-likeness (QED) is 0.380. The highest BCUT2D eigenvalue weighted by Crippen LogP contribution is 2.28. The van der Waals surface area contributed by atoms with Crippen LogP contribution in [0.25, 0.3) is 11.1 Å². The van der Waals surface area contributed by atoms with Crippen LogP contribution in [0.3, 0.4) is 0 Å². The summed E-state index contributed by atoms with van der Waals surface area (Å²) in [6.45, 7) is 9.86. The van der Waals surface area contributed by atoms with Crippen LogP contribution in [-0.2, 0) is 25.5 Å². The van der Waals surface area contributed by atoms with Gasteiger partial charge < -0.3 is 14.2 Å². The van der Waals surface area contributed by atoms with Crippen LogP contribution in [0.5, 0.6) is 5.75 Å². The average molecular weight is 444 g/mol. The van der Waals surface area contributed by atoms with Gasteiger partial charge in [-0.2, -0.15) is 0 Å². The minimum Gasteiger partial charge on any atom is -0.497 e. The monoisotopic (exact) mass is 444 g/mol. The first-order chi connectivity index (χ1) is 15.1. The number of hydrogen-bond acceptors (Lipinski definition) is 5. The maximum Gasteiger partial charge on any atom is 0.333 e. The Morgan fingerprint density at radius 2 is 1.50 bits per heavy atom. The van der Waals surface area contributed by atoms with Crippen LogP contribution < -0.4 is 4.74 Å². The van der Waals surface area contributed by atoms with Crippen molar-refractivity contribution >= 4 is 11.9 Å². The van der Waals surface area contributed by atoms with Gasteiger partial charge >= 0.3 is 11.9 Å². The van der Waals surface area contributed by atoms with Crippen LogP contribution in [0.4, 0.5) is 8.78 Å². The predicted octanol–water partition coefficient (Wildman–Crippen LogP) is 5.04. The first-order valence-corrected chi connectivity index (χ1v) is 9.90. The molecule has 2 rings (SSSR count). The zero-order valence-corrected chi connectivity index (χ0v) is 18.4. The van der Waals surface area contributed by atoms with Crippen LogP contribution in [0.2, 0.25) is 0 Å². The molecule has 0 atom stereocenters. The van der Waals surface area contributed by atoms with E-state index in [1.54, 1.807) is 12.1 Å². The first kappa shape index (κ1) is 24.8. The molecule has 0 saturated heterocycles. The molecule has 7 heteroatoms. The summed E-state index contributed by atoms with van der Waals surface area (Å²) in [6, 6.07) is 8.69. The van der Waals surface area contributed by atoms with E-state index in [1.165, 1.54) is 45.2 Å². The minimum absolute atomic E-state index is 0.0938. The second kappa shape index (κ2) is 11.2. The molecule has 0 aliphatic carbocycles. The molecular formula is C25H26F2O5. The third-order valence-corrected chi connectivity index (χ3v) is 4.65. The van der Waals surface area contributed by atoms with Crippen molar-refractivity contribution < 1.29 is 32.6 Å². The number of hydrogen-bond donors (Lipinski definition) is 0. The summed E-state index contributed by atoms with van der Waals surface area (Å²) < 4.78 is 44.5. The summed E-state index contributed by atoms with van der Waals surface area (Å²) >= 11 is 0. The molecule has 0 amide bonds. The number of halogens is 2. The molecule has 0 heterocycles. The lowest BCUT2D eigenvalue weighted by molar-refractivity contribution is -0.144. The average Bonchev–Trinajstić information content (AvgIpc) is 2.75. The van der Waals surface area contributed by atoms with Gasteiger partial charge in [-0.25, -0.2) is 18.4 Å². The van der Waals surface area contributed by atoms with E-state index < -0.39 is 29.5 Å². The van der Waals surface area contributed by atoms with Gasteiger partial charge in [-0.3, -0.25) is 0 Å². The Hall–Kier alpha value is -3.48. The lowest BCUT2D eigenvalue weighted by atomic mass is 9.97. The summed E-state index contributed by atoms with van der Waals surface area (Å²) in [5.74, 6) is -2.41. The molecule has 5 nitrogen and oxygen atoms in total. The predicted molar refractivity (Wildman–Crippen MR) is 117 cm³/mol. The second-order valence-corrected chi connectivity index (χ2v) is 7.48. The maximum absolute atomic E-state index is 14.8. The summed E-state index contributed by atoms with van der Waals surface area (Å²) in [4.78, 5) is 23.5.